The van der Waals surface area contributed by atoms with Gasteiger partial charge in [-0.2, -0.15) is 0 Å². The zero-order chi connectivity index (χ0) is 19.3. The van der Waals surface area contributed by atoms with Crippen LogP contribution in [0.1, 0.15) is 49.9 Å². The molecule has 6 nitrogen and oxygen atoms in total. The largest absolute Gasteiger partial charge is 0.493 e. The number of amides is 1. The molecule has 7 heteroatoms. The fourth-order valence-corrected chi connectivity index (χ4v) is 3.44. The Bertz CT molecular complexity index is 664. The molecule has 1 fully saturated rings. The molecule has 1 amide bonds. The molecular weight excluding hydrogens is 358 g/mol. The second-order valence-corrected chi connectivity index (χ2v) is 7.03. The van der Waals surface area contributed by atoms with Crippen molar-refractivity contribution in [2.24, 2.45) is 5.92 Å². The summed E-state index contributed by atoms with van der Waals surface area (Å²) in [7, 11) is 2.91. The summed E-state index contributed by atoms with van der Waals surface area (Å²) in [6.07, 6.45) is 3.46. The van der Waals surface area contributed by atoms with Gasteiger partial charge in [-0.3, -0.25) is 4.79 Å². The standard InChI is InChI=1S/C19H26ClNO5/c1-11-7-5-6-8-15(11)21-18(22)12(2)26-19(23)13-9-14(20)17(25-4)16(10-13)24-3/h9-12,15H,5-8H2,1-4H3,(H,21,22)/t11-,12-,15-/m1/s1. The molecule has 2 rings (SSSR count). The quantitative estimate of drug-likeness (QED) is 0.760. The van der Waals surface area contributed by atoms with Crippen LogP contribution in [0.2, 0.25) is 5.02 Å². The van der Waals surface area contributed by atoms with Crippen molar-refractivity contribution in [3.05, 3.63) is 22.7 Å². The lowest BCUT2D eigenvalue weighted by Crippen LogP contribution is -2.45. The molecular formula is C19H26ClNO5. The highest BCUT2D eigenvalue weighted by atomic mass is 35.5. The van der Waals surface area contributed by atoms with Crippen LogP contribution in [0.3, 0.4) is 0 Å². The monoisotopic (exact) mass is 383 g/mol. The number of esters is 1. The average Bonchev–Trinajstić information content (AvgIpc) is 2.62. The second-order valence-electron chi connectivity index (χ2n) is 6.62. The summed E-state index contributed by atoms with van der Waals surface area (Å²) in [6.45, 7) is 3.69. The van der Waals surface area contributed by atoms with E-state index in [4.69, 9.17) is 25.8 Å². The SMILES string of the molecule is COc1cc(C(=O)O[C@H](C)C(=O)N[C@@H]2CCCC[C@H]2C)cc(Cl)c1OC. The Morgan fingerprint density at radius 3 is 2.50 bits per heavy atom. The van der Waals surface area contributed by atoms with Crippen LogP contribution in [0.15, 0.2) is 12.1 Å². The van der Waals surface area contributed by atoms with E-state index >= 15 is 0 Å². The molecule has 0 aliphatic heterocycles. The number of ether oxygens (including phenoxy) is 3. The van der Waals surface area contributed by atoms with Gasteiger partial charge in [0.05, 0.1) is 24.8 Å². The van der Waals surface area contributed by atoms with Crippen LogP contribution >= 0.6 is 11.6 Å². The van der Waals surface area contributed by atoms with Crippen molar-refractivity contribution in [3.63, 3.8) is 0 Å². The van der Waals surface area contributed by atoms with E-state index < -0.39 is 12.1 Å². The van der Waals surface area contributed by atoms with Crippen molar-refractivity contribution in [2.75, 3.05) is 14.2 Å². The van der Waals surface area contributed by atoms with Crippen LogP contribution in [0, 0.1) is 5.92 Å². The smallest absolute Gasteiger partial charge is 0.339 e. The first-order chi connectivity index (χ1) is 12.4. The molecule has 1 aromatic rings. The van der Waals surface area contributed by atoms with Crippen molar-refractivity contribution in [2.45, 2.75) is 51.7 Å². The molecule has 0 bridgehead atoms. The molecule has 0 unspecified atom stereocenters. The van der Waals surface area contributed by atoms with E-state index in [0.29, 0.717) is 17.4 Å². The lowest BCUT2D eigenvalue weighted by Gasteiger charge is -2.30. The van der Waals surface area contributed by atoms with E-state index in [9.17, 15) is 9.59 Å². The number of hydrogen-bond acceptors (Lipinski definition) is 5. The van der Waals surface area contributed by atoms with Gasteiger partial charge in [-0.25, -0.2) is 4.79 Å². The number of methoxy groups -OCH3 is 2. The Kier molecular flexibility index (Phi) is 7.14. The number of carbonyl (C=O) groups is 2. The molecule has 144 valence electrons. The van der Waals surface area contributed by atoms with Gasteiger partial charge in [0.2, 0.25) is 0 Å². The fraction of sp³-hybridized carbons (Fsp3) is 0.579. The number of nitrogens with one attached hydrogen (secondary N) is 1. The summed E-state index contributed by atoms with van der Waals surface area (Å²) in [5, 5.41) is 3.22. The van der Waals surface area contributed by atoms with E-state index in [1.165, 1.54) is 32.8 Å². The molecule has 0 spiro atoms. The third kappa shape index (κ3) is 4.81. The zero-order valence-electron chi connectivity index (χ0n) is 15.6. The van der Waals surface area contributed by atoms with E-state index in [2.05, 4.69) is 12.2 Å². The molecule has 1 N–H and O–H groups in total. The Morgan fingerprint density at radius 2 is 1.88 bits per heavy atom. The summed E-state index contributed by atoms with van der Waals surface area (Å²) in [5.41, 5.74) is 0.193. The molecule has 0 saturated heterocycles. The van der Waals surface area contributed by atoms with Crippen LogP contribution < -0.4 is 14.8 Å². The number of rotatable bonds is 6. The van der Waals surface area contributed by atoms with Crippen LogP contribution in [-0.4, -0.2) is 38.2 Å². The van der Waals surface area contributed by atoms with Crippen molar-refractivity contribution >= 4 is 23.5 Å². The van der Waals surface area contributed by atoms with E-state index in [-0.39, 0.29) is 22.5 Å². The number of halogens is 1. The topological polar surface area (TPSA) is 73.9 Å². The van der Waals surface area contributed by atoms with Gasteiger partial charge < -0.3 is 19.5 Å². The van der Waals surface area contributed by atoms with Gasteiger partial charge in [0.25, 0.3) is 5.91 Å². The van der Waals surface area contributed by atoms with Crippen molar-refractivity contribution < 1.29 is 23.8 Å². The zero-order valence-corrected chi connectivity index (χ0v) is 16.4. The van der Waals surface area contributed by atoms with Gasteiger partial charge in [0, 0.05) is 6.04 Å². The van der Waals surface area contributed by atoms with Gasteiger partial charge in [-0.1, -0.05) is 31.4 Å². The maximum Gasteiger partial charge on any atom is 0.339 e. The lowest BCUT2D eigenvalue weighted by atomic mass is 9.86. The van der Waals surface area contributed by atoms with Gasteiger partial charge in [0.15, 0.2) is 17.6 Å². The molecule has 26 heavy (non-hydrogen) atoms. The third-order valence-corrected chi connectivity index (χ3v) is 5.04. The Hall–Kier alpha value is -1.95. The summed E-state index contributed by atoms with van der Waals surface area (Å²) < 4.78 is 15.6. The van der Waals surface area contributed by atoms with Crippen LogP contribution in [-0.2, 0) is 9.53 Å². The van der Waals surface area contributed by atoms with Gasteiger partial charge in [-0.05, 0) is 37.8 Å². The van der Waals surface area contributed by atoms with Crippen LogP contribution in [0.4, 0.5) is 0 Å². The molecule has 3 atom stereocenters. The maximum atomic E-state index is 12.4. The molecule has 0 aromatic heterocycles. The van der Waals surface area contributed by atoms with Crippen LogP contribution in [0.25, 0.3) is 0 Å². The minimum absolute atomic E-state index is 0.132. The van der Waals surface area contributed by atoms with Gasteiger partial charge >= 0.3 is 5.97 Å². The van der Waals surface area contributed by atoms with Gasteiger partial charge in [0.1, 0.15) is 0 Å². The Morgan fingerprint density at radius 1 is 1.19 bits per heavy atom. The number of benzene rings is 1. The predicted molar refractivity (Wildman–Crippen MR) is 99.0 cm³/mol. The summed E-state index contributed by atoms with van der Waals surface area (Å²) >= 11 is 6.11. The van der Waals surface area contributed by atoms with Crippen molar-refractivity contribution in [1.29, 1.82) is 0 Å². The number of hydrogen-bond donors (Lipinski definition) is 1. The fourth-order valence-electron chi connectivity index (χ4n) is 3.15. The highest BCUT2D eigenvalue weighted by Crippen LogP contribution is 2.36. The highest BCUT2D eigenvalue weighted by molar-refractivity contribution is 6.32. The maximum absolute atomic E-state index is 12.4. The summed E-state index contributed by atoms with van der Waals surface area (Å²) in [5.74, 6) is 0.152. The number of carbonyl (C=O) groups excluding carboxylic acids is 2. The summed E-state index contributed by atoms with van der Waals surface area (Å²) in [6, 6.07) is 3.04. The molecule has 1 aromatic carbocycles. The highest BCUT2D eigenvalue weighted by Gasteiger charge is 2.27. The average molecular weight is 384 g/mol. The normalized spacial score (nSPS) is 20.8. The first-order valence-electron chi connectivity index (χ1n) is 8.80. The Balaban J connectivity index is 2.02. The molecule has 1 aliphatic rings. The summed E-state index contributed by atoms with van der Waals surface area (Å²) in [4.78, 5) is 24.7. The minimum atomic E-state index is -0.900. The van der Waals surface area contributed by atoms with E-state index in [0.717, 1.165) is 19.3 Å². The third-order valence-electron chi connectivity index (χ3n) is 4.76. The lowest BCUT2D eigenvalue weighted by molar-refractivity contribution is -0.130. The van der Waals surface area contributed by atoms with Gasteiger partial charge in [-0.15, -0.1) is 0 Å². The molecule has 0 heterocycles. The minimum Gasteiger partial charge on any atom is -0.493 e. The van der Waals surface area contributed by atoms with Crippen molar-refractivity contribution in [1.82, 2.24) is 5.32 Å². The Labute approximate surface area is 159 Å². The molecule has 0 radical (unpaired) electrons. The first kappa shape index (κ1) is 20.4. The first-order valence-corrected chi connectivity index (χ1v) is 9.18. The molecule has 1 aliphatic carbocycles. The second kappa shape index (κ2) is 9.12. The predicted octanol–water partition coefficient (Wildman–Crippen LogP) is 3.60. The molecule has 1 saturated carbocycles. The van der Waals surface area contributed by atoms with E-state index in [1.807, 2.05) is 0 Å². The van der Waals surface area contributed by atoms with E-state index in [1.54, 1.807) is 6.92 Å². The van der Waals surface area contributed by atoms with Crippen molar-refractivity contribution in [3.8, 4) is 11.5 Å². The van der Waals surface area contributed by atoms with Crippen LogP contribution in [0.5, 0.6) is 11.5 Å².